The van der Waals surface area contributed by atoms with Gasteiger partial charge in [-0.25, -0.2) is 0 Å². The topological polar surface area (TPSA) is 71.5 Å². The second kappa shape index (κ2) is 6.16. The molecule has 1 aromatic heterocycles. The molecule has 0 aliphatic carbocycles. The highest BCUT2D eigenvalue weighted by molar-refractivity contribution is 7.80. The molecule has 1 fully saturated rings. The fourth-order valence-corrected chi connectivity index (χ4v) is 2.70. The van der Waals surface area contributed by atoms with E-state index in [1.807, 2.05) is 13.0 Å². The Labute approximate surface area is 118 Å². The third kappa shape index (κ3) is 3.33. The van der Waals surface area contributed by atoms with Gasteiger partial charge in [-0.15, -0.1) is 0 Å². The van der Waals surface area contributed by atoms with Crippen LogP contribution in [0.15, 0.2) is 22.8 Å². The average Bonchev–Trinajstić information content (AvgIpc) is 3.05. The van der Waals surface area contributed by atoms with Gasteiger partial charge in [0.25, 0.3) is 0 Å². The number of likely N-dealkylation sites (tertiary alicyclic amines) is 1. The molecule has 1 saturated heterocycles. The number of hydrogen-bond donors (Lipinski definition) is 2. The third-order valence-electron chi connectivity index (χ3n) is 3.52. The Morgan fingerprint density at radius 1 is 1.74 bits per heavy atom. The second-order valence-corrected chi connectivity index (χ2v) is 5.24. The fraction of sp³-hybridized carbons (Fsp3) is 0.538. The van der Waals surface area contributed by atoms with E-state index in [1.165, 1.54) is 0 Å². The summed E-state index contributed by atoms with van der Waals surface area (Å²) in [4.78, 5) is 14.7. The maximum absolute atomic E-state index is 12.1. The molecule has 2 unspecified atom stereocenters. The molecule has 2 rings (SSSR count). The van der Waals surface area contributed by atoms with Crippen molar-refractivity contribution >= 4 is 23.1 Å². The van der Waals surface area contributed by atoms with Crippen molar-refractivity contribution in [2.24, 2.45) is 5.73 Å². The van der Waals surface area contributed by atoms with Gasteiger partial charge in [0.2, 0.25) is 5.91 Å². The van der Waals surface area contributed by atoms with Crippen LogP contribution in [0.2, 0.25) is 0 Å². The molecule has 6 heteroatoms. The number of nitrogens with two attached hydrogens (primary N) is 1. The van der Waals surface area contributed by atoms with Gasteiger partial charge in [0.05, 0.1) is 29.9 Å². The van der Waals surface area contributed by atoms with Crippen molar-refractivity contribution in [2.75, 3.05) is 6.54 Å². The molecule has 2 atom stereocenters. The maximum atomic E-state index is 12.1. The summed E-state index contributed by atoms with van der Waals surface area (Å²) in [6, 6.07) is 3.44. The quantitative estimate of drug-likeness (QED) is 0.789. The highest BCUT2D eigenvalue weighted by Gasteiger charge is 2.33. The third-order valence-corrected chi connectivity index (χ3v) is 3.79. The number of thiocarbonyl (C=S) groups is 1. The molecule has 3 N–H and O–H groups in total. The van der Waals surface area contributed by atoms with Crippen LogP contribution in [-0.2, 0) is 11.3 Å². The lowest BCUT2D eigenvalue weighted by atomic mass is 10.2. The zero-order valence-electron chi connectivity index (χ0n) is 11.0. The number of hydrogen-bond acceptors (Lipinski definition) is 4. The molecule has 1 aromatic rings. The van der Waals surface area contributed by atoms with Crippen LogP contribution in [-0.4, -0.2) is 34.4 Å². The molecular formula is C13H19N3O2S. The Bertz CT molecular complexity index is 447. The Morgan fingerprint density at radius 2 is 2.53 bits per heavy atom. The van der Waals surface area contributed by atoms with E-state index in [4.69, 9.17) is 22.4 Å². The van der Waals surface area contributed by atoms with Crippen LogP contribution in [0, 0.1) is 0 Å². The summed E-state index contributed by atoms with van der Waals surface area (Å²) in [6.07, 6.45) is 3.55. The van der Waals surface area contributed by atoms with E-state index in [0.29, 0.717) is 11.5 Å². The lowest BCUT2D eigenvalue weighted by Crippen LogP contribution is -2.50. The summed E-state index contributed by atoms with van der Waals surface area (Å²) >= 11 is 5.06. The van der Waals surface area contributed by atoms with Gasteiger partial charge >= 0.3 is 0 Å². The first-order valence-corrected chi connectivity index (χ1v) is 6.85. The van der Waals surface area contributed by atoms with Crippen molar-refractivity contribution in [3.05, 3.63) is 24.2 Å². The van der Waals surface area contributed by atoms with Gasteiger partial charge in [0.15, 0.2) is 0 Å². The molecule has 104 valence electrons. The molecule has 1 aliphatic rings. The van der Waals surface area contributed by atoms with E-state index >= 15 is 0 Å². The van der Waals surface area contributed by atoms with Crippen molar-refractivity contribution in [2.45, 2.75) is 38.4 Å². The molecular weight excluding hydrogens is 262 g/mol. The monoisotopic (exact) mass is 281 g/mol. The lowest BCUT2D eigenvalue weighted by molar-refractivity contribution is -0.126. The highest BCUT2D eigenvalue weighted by Crippen LogP contribution is 2.20. The predicted octanol–water partition coefficient (Wildman–Crippen LogP) is 1.03. The van der Waals surface area contributed by atoms with Crippen molar-refractivity contribution < 1.29 is 9.21 Å². The summed E-state index contributed by atoms with van der Waals surface area (Å²) in [5.74, 6) is 0.715. The number of carbonyl (C=O) groups is 1. The number of rotatable bonds is 5. The smallest absolute Gasteiger partial charge is 0.237 e. The van der Waals surface area contributed by atoms with Crippen LogP contribution in [0.3, 0.4) is 0 Å². The van der Waals surface area contributed by atoms with Crippen LogP contribution in [0.5, 0.6) is 0 Å². The largest absolute Gasteiger partial charge is 0.467 e. The van der Waals surface area contributed by atoms with Gasteiger partial charge < -0.3 is 15.5 Å². The van der Waals surface area contributed by atoms with Gasteiger partial charge in [-0.05, 0) is 38.4 Å². The lowest BCUT2D eigenvalue weighted by Gasteiger charge is -2.28. The van der Waals surface area contributed by atoms with E-state index in [9.17, 15) is 4.79 Å². The number of nitrogens with zero attached hydrogens (tertiary/aromatic N) is 1. The molecule has 2 heterocycles. The van der Waals surface area contributed by atoms with Gasteiger partial charge in [0, 0.05) is 0 Å². The Balaban J connectivity index is 1.89. The second-order valence-electron chi connectivity index (χ2n) is 4.77. The van der Waals surface area contributed by atoms with E-state index in [0.717, 1.165) is 25.1 Å². The Kier molecular flexibility index (Phi) is 4.55. The van der Waals surface area contributed by atoms with Crippen LogP contribution in [0.25, 0.3) is 0 Å². The minimum Gasteiger partial charge on any atom is -0.467 e. The first-order valence-electron chi connectivity index (χ1n) is 6.44. The van der Waals surface area contributed by atoms with Crippen molar-refractivity contribution in [1.29, 1.82) is 0 Å². The number of nitrogens with one attached hydrogen (secondary N) is 1. The molecule has 1 aliphatic heterocycles. The molecule has 1 amide bonds. The number of carbonyl (C=O) groups excluding carboxylic acids is 1. The Hall–Kier alpha value is -1.40. The minimum atomic E-state index is -0.232. The van der Waals surface area contributed by atoms with Gasteiger partial charge in [-0.2, -0.15) is 0 Å². The van der Waals surface area contributed by atoms with Gasteiger partial charge in [-0.3, -0.25) is 9.69 Å². The summed E-state index contributed by atoms with van der Waals surface area (Å²) in [5, 5.41) is 2.86. The summed E-state index contributed by atoms with van der Waals surface area (Å²) < 4.78 is 5.18. The highest BCUT2D eigenvalue weighted by atomic mass is 32.1. The summed E-state index contributed by atoms with van der Waals surface area (Å²) in [7, 11) is 0. The van der Waals surface area contributed by atoms with Gasteiger partial charge in [0.1, 0.15) is 5.76 Å². The van der Waals surface area contributed by atoms with E-state index in [1.54, 1.807) is 12.3 Å². The molecule has 0 saturated carbocycles. The fourth-order valence-electron chi connectivity index (χ4n) is 2.44. The zero-order chi connectivity index (χ0) is 13.8. The number of amides is 1. The first kappa shape index (κ1) is 14.0. The molecule has 0 radical (unpaired) electrons. The SMILES string of the molecule is CC(C(=O)NCc1ccco1)N1CCCC1C(N)=S. The van der Waals surface area contributed by atoms with E-state index < -0.39 is 0 Å². The van der Waals surface area contributed by atoms with Gasteiger partial charge in [-0.1, -0.05) is 12.2 Å². The average molecular weight is 281 g/mol. The molecule has 0 aromatic carbocycles. The molecule has 5 nitrogen and oxygen atoms in total. The number of furan rings is 1. The summed E-state index contributed by atoms with van der Waals surface area (Å²) in [5.41, 5.74) is 5.72. The molecule has 0 spiro atoms. The van der Waals surface area contributed by atoms with Crippen LogP contribution in [0.1, 0.15) is 25.5 Å². The van der Waals surface area contributed by atoms with Crippen LogP contribution in [0.4, 0.5) is 0 Å². The minimum absolute atomic E-state index is 0.0282. The van der Waals surface area contributed by atoms with Crippen molar-refractivity contribution in [1.82, 2.24) is 10.2 Å². The van der Waals surface area contributed by atoms with Crippen LogP contribution < -0.4 is 11.1 Å². The van der Waals surface area contributed by atoms with Crippen molar-refractivity contribution in [3.63, 3.8) is 0 Å². The molecule has 19 heavy (non-hydrogen) atoms. The van der Waals surface area contributed by atoms with Crippen LogP contribution >= 0.6 is 12.2 Å². The zero-order valence-corrected chi connectivity index (χ0v) is 11.8. The Morgan fingerprint density at radius 3 is 3.16 bits per heavy atom. The maximum Gasteiger partial charge on any atom is 0.237 e. The van der Waals surface area contributed by atoms with E-state index in [2.05, 4.69) is 10.2 Å². The van der Waals surface area contributed by atoms with E-state index in [-0.39, 0.29) is 18.0 Å². The molecule has 0 bridgehead atoms. The first-order chi connectivity index (χ1) is 9.09. The predicted molar refractivity (Wildman–Crippen MR) is 76.5 cm³/mol. The normalized spacial score (nSPS) is 21.2. The summed E-state index contributed by atoms with van der Waals surface area (Å²) in [6.45, 7) is 3.15. The standard InChI is InChI=1S/C13H19N3O2S/c1-9(16-6-2-5-11(16)12(14)19)13(17)15-8-10-4-3-7-18-10/h3-4,7,9,11H,2,5-6,8H2,1H3,(H2,14,19)(H,15,17). The van der Waals surface area contributed by atoms with Crippen molar-refractivity contribution in [3.8, 4) is 0 Å².